The quantitative estimate of drug-likeness (QED) is 0.316. The Labute approximate surface area is 202 Å². The van der Waals surface area contributed by atoms with Crippen molar-refractivity contribution in [2.24, 2.45) is 0 Å². The van der Waals surface area contributed by atoms with Gasteiger partial charge in [0.25, 0.3) is 5.91 Å². The number of rotatable bonds is 4. The number of pyridine rings is 1. The molecule has 4 aromatic rings. The van der Waals surface area contributed by atoms with Gasteiger partial charge in [-0.15, -0.1) is 0 Å². The third-order valence-corrected chi connectivity index (χ3v) is 6.32. The first-order chi connectivity index (χ1) is 15.8. The predicted octanol–water partition coefficient (Wildman–Crippen LogP) is 6.34. The topological polar surface area (TPSA) is 83.6 Å². The van der Waals surface area contributed by atoms with Gasteiger partial charge in [-0.2, -0.15) is 0 Å². The molecule has 2 aromatic heterocycles. The molecule has 0 saturated heterocycles. The number of aliphatic hydroxyl groups is 1. The van der Waals surface area contributed by atoms with E-state index >= 15 is 0 Å². The van der Waals surface area contributed by atoms with Crippen molar-refractivity contribution in [1.29, 1.82) is 0 Å². The molecule has 0 fully saturated rings. The second-order valence-corrected chi connectivity index (χ2v) is 9.03. The van der Waals surface area contributed by atoms with Crippen molar-refractivity contribution >= 4 is 55.9 Å². The molecule has 6 nitrogen and oxygen atoms in total. The van der Waals surface area contributed by atoms with Crippen molar-refractivity contribution in [2.45, 2.75) is 13.0 Å². The van der Waals surface area contributed by atoms with E-state index in [1.807, 2.05) is 13.0 Å². The number of halogens is 2. The van der Waals surface area contributed by atoms with E-state index in [-0.39, 0.29) is 11.3 Å². The lowest BCUT2D eigenvalue weighted by Crippen LogP contribution is -2.31. The Kier molecular flexibility index (Phi) is 5.31. The summed E-state index contributed by atoms with van der Waals surface area (Å²) >= 11 is 9.52. The van der Waals surface area contributed by atoms with Crippen molar-refractivity contribution in [3.63, 3.8) is 0 Å². The summed E-state index contributed by atoms with van der Waals surface area (Å²) in [5.74, 6) is -1.82. The minimum absolute atomic E-state index is 0.0335. The van der Waals surface area contributed by atoms with E-state index in [9.17, 15) is 14.7 Å². The van der Waals surface area contributed by atoms with Crippen molar-refractivity contribution in [2.75, 3.05) is 4.90 Å². The first-order valence-electron chi connectivity index (χ1n) is 10.0. The zero-order valence-electron chi connectivity index (χ0n) is 17.3. The molecule has 8 heteroatoms. The molecule has 1 aliphatic rings. The van der Waals surface area contributed by atoms with Gasteiger partial charge >= 0.3 is 0 Å². The normalized spacial score (nSPS) is 16.2. The maximum Gasteiger partial charge on any atom is 0.294 e. The fourth-order valence-electron chi connectivity index (χ4n) is 4.09. The maximum absolute atomic E-state index is 13.6. The van der Waals surface area contributed by atoms with Gasteiger partial charge in [0, 0.05) is 33.0 Å². The SMILES string of the molecule is Cc1cc(Cl)ccc1N1C(=O)C(O)=C(C(=O)c2cc3cc(Br)ccc3o2)C1c1ccncc1. The maximum atomic E-state index is 13.6. The summed E-state index contributed by atoms with van der Waals surface area (Å²) in [7, 11) is 0. The van der Waals surface area contributed by atoms with Crippen LogP contribution in [0.15, 0.2) is 87.2 Å². The van der Waals surface area contributed by atoms with Crippen LogP contribution in [0.25, 0.3) is 11.0 Å². The lowest BCUT2D eigenvalue weighted by atomic mass is 9.95. The number of furan rings is 1. The molecule has 164 valence electrons. The minimum atomic E-state index is -0.868. The third kappa shape index (κ3) is 3.63. The standard InChI is InChI=1S/C25H16BrClN2O4/c1-13-10-17(27)3-4-18(13)29-22(14-6-8-28-9-7-14)21(24(31)25(29)32)23(30)20-12-15-11-16(26)2-5-19(15)33-20/h2-12,22,31H,1H3. The average molecular weight is 524 g/mol. The average Bonchev–Trinajstić information content (AvgIpc) is 3.33. The summed E-state index contributed by atoms with van der Waals surface area (Å²) in [4.78, 5) is 32.3. The van der Waals surface area contributed by atoms with Gasteiger partial charge in [0.1, 0.15) is 5.58 Å². The number of hydrogen-bond acceptors (Lipinski definition) is 5. The number of amides is 1. The molecule has 0 aliphatic carbocycles. The Morgan fingerprint density at radius 1 is 1.12 bits per heavy atom. The highest BCUT2D eigenvalue weighted by molar-refractivity contribution is 9.10. The number of ketones is 1. The fourth-order valence-corrected chi connectivity index (χ4v) is 4.70. The van der Waals surface area contributed by atoms with Gasteiger partial charge in [-0.05, 0) is 72.6 Å². The number of Topliss-reactive ketones (excluding diaryl/α,β-unsaturated/α-hetero) is 1. The Morgan fingerprint density at radius 3 is 2.61 bits per heavy atom. The van der Waals surface area contributed by atoms with E-state index in [4.69, 9.17) is 16.0 Å². The van der Waals surface area contributed by atoms with Crippen LogP contribution in [0.5, 0.6) is 0 Å². The van der Waals surface area contributed by atoms with Crippen molar-refractivity contribution < 1.29 is 19.1 Å². The van der Waals surface area contributed by atoms with Crippen LogP contribution in [-0.4, -0.2) is 21.8 Å². The number of aliphatic hydroxyl groups excluding tert-OH is 1. The molecular weight excluding hydrogens is 508 g/mol. The van der Waals surface area contributed by atoms with Crippen molar-refractivity contribution in [3.05, 3.63) is 105 Å². The number of aryl methyl sites for hydroxylation is 1. The van der Waals surface area contributed by atoms with Crippen LogP contribution in [0, 0.1) is 6.92 Å². The molecular formula is C25H16BrClN2O4. The van der Waals surface area contributed by atoms with Crippen LogP contribution in [0.2, 0.25) is 5.02 Å². The highest BCUT2D eigenvalue weighted by Gasteiger charge is 2.45. The molecule has 0 radical (unpaired) electrons. The smallest absolute Gasteiger partial charge is 0.294 e. The van der Waals surface area contributed by atoms with Crippen molar-refractivity contribution in [3.8, 4) is 0 Å². The summed E-state index contributed by atoms with van der Waals surface area (Å²) in [5, 5.41) is 12.1. The van der Waals surface area contributed by atoms with Gasteiger partial charge in [0.2, 0.25) is 5.78 Å². The number of aromatic nitrogens is 1. The van der Waals surface area contributed by atoms with Gasteiger partial charge in [-0.1, -0.05) is 27.5 Å². The second kappa shape index (κ2) is 8.17. The second-order valence-electron chi connectivity index (χ2n) is 7.67. The molecule has 1 unspecified atom stereocenters. The van der Waals surface area contributed by atoms with E-state index in [1.54, 1.807) is 60.9 Å². The first kappa shape index (κ1) is 21.4. The van der Waals surface area contributed by atoms with Crippen LogP contribution >= 0.6 is 27.5 Å². The zero-order valence-corrected chi connectivity index (χ0v) is 19.6. The lowest BCUT2D eigenvalue weighted by Gasteiger charge is -2.28. The van der Waals surface area contributed by atoms with Crippen LogP contribution < -0.4 is 4.90 Å². The Hall–Kier alpha value is -3.42. The Balaban J connectivity index is 1.67. The molecule has 0 spiro atoms. The number of fused-ring (bicyclic) bond motifs is 1. The number of hydrogen-bond donors (Lipinski definition) is 1. The molecule has 1 atom stereocenters. The number of carbonyl (C=O) groups is 2. The number of carbonyl (C=O) groups excluding carboxylic acids is 2. The summed E-state index contributed by atoms with van der Waals surface area (Å²) in [5.41, 5.74) is 2.36. The Morgan fingerprint density at radius 2 is 1.88 bits per heavy atom. The van der Waals surface area contributed by atoms with Gasteiger partial charge in [0.05, 0.1) is 11.6 Å². The lowest BCUT2D eigenvalue weighted by molar-refractivity contribution is -0.117. The van der Waals surface area contributed by atoms with Crippen LogP contribution in [0.1, 0.15) is 27.7 Å². The number of anilines is 1. The van der Waals surface area contributed by atoms with Gasteiger partial charge in [-0.25, -0.2) is 0 Å². The molecule has 3 heterocycles. The van der Waals surface area contributed by atoms with E-state index < -0.39 is 23.5 Å². The monoisotopic (exact) mass is 522 g/mol. The number of benzene rings is 2. The van der Waals surface area contributed by atoms with E-state index in [0.717, 1.165) is 15.4 Å². The summed E-state index contributed by atoms with van der Waals surface area (Å²) in [6.45, 7) is 1.81. The molecule has 1 aliphatic heterocycles. The van der Waals surface area contributed by atoms with E-state index in [1.165, 1.54) is 4.90 Å². The van der Waals surface area contributed by atoms with Crippen LogP contribution in [-0.2, 0) is 4.79 Å². The third-order valence-electron chi connectivity index (χ3n) is 5.60. The van der Waals surface area contributed by atoms with Gasteiger partial charge in [0.15, 0.2) is 11.5 Å². The molecule has 33 heavy (non-hydrogen) atoms. The van der Waals surface area contributed by atoms with Gasteiger partial charge < -0.3 is 9.52 Å². The molecule has 1 N–H and O–H groups in total. The highest BCUT2D eigenvalue weighted by Crippen LogP contribution is 2.43. The molecule has 2 aromatic carbocycles. The predicted molar refractivity (Wildman–Crippen MR) is 129 cm³/mol. The van der Waals surface area contributed by atoms with Crippen molar-refractivity contribution in [1.82, 2.24) is 4.98 Å². The highest BCUT2D eigenvalue weighted by atomic mass is 79.9. The summed E-state index contributed by atoms with van der Waals surface area (Å²) in [6, 6.07) is 14.6. The van der Waals surface area contributed by atoms with E-state index in [0.29, 0.717) is 21.9 Å². The Bertz CT molecular complexity index is 1460. The summed E-state index contributed by atoms with van der Waals surface area (Å²) in [6.07, 6.45) is 3.14. The molecule has 5 rings (SSSR count). The largest absolute Gasteiger partial charge is 0.503 e. The zero-order chi connectivity index (χ0) is 23.3. The molecule has 0 saturated carbocycles. The fraction of sp³-hybridized carbons (Fsp3) is 0.0800. The minimum Gasteiger partial charge on any atom is -0.503 e. The first-order valence-corrected chi connectivity index (χ1v) is 11.2. The molecule has 1 amide bonds. The van der Waals surface area contributed by atoms with E-state index in [2.05, 4.69) is 20.9 Å². The summed E-state index contributed by atoms with van der Waals surface area (Å²) < 4.78 is 6.61. The van der Waals surface area contributed by atoms with Gasteiger partial charge in [-0.3, -0.25) is 19.5 Å². The van der Waals surface area contributed by atoms with Crippen LogP contribution in [0.4, 0.5) is 5.69 Å². The molecule has 0 bridgehead atoms. The van der Waals surface area contributed by atoms with Crippen LogP contribution in [0.3, 0.4) is 0 Å². The number of nitrogens with zero attached hydrogens (tertiary/aromatic N) is 2.